The van der Waals surface area contributed by atoms with Crippen molar-refractivity contribution >= 4 is 11.3 Å². The topological polar surface area (TPSA) is 12.9 Å². The smallest absolute Gasteiger partial charge is 0.123 e. The Morgan fingerprint density at radius 3 is 2.57 bits per heavy atom. The first-order valence-corrected chi connectivity index (χ1v) is 5.17. The Bertz CT molecular complexity index is 419. The standard InChI is InChI=1S/C11H9FNS/c1-2-11-13-10(7-14-11)8-3-5-9(12)6-4-8/h3-7H,1-2H2. The molecule has 0 spiro atoms. The first-order valence-electron chi connectivity index (χ1n) is 4.29. The Hall–Kier alpha value is -1.22. The second-order valence-electron chi connectivity index (χ2n) is 2.88. The summed E-state index contributed by atoms with van der Waals surface area (Å²) in [4.78, 5) is 4.36. The van der Waals surface area contributed by atoms with Gasteiger partial charge < -0.3 is 0 Å². The van der Waals surface area contributed by atoms with Crippen LogP contribution in [-0.2, 0) is 6.42 Å². The third-order valence-corrected chi connectivity index (χ3v) is 2.81. The number of halogens is 1. The van der Waals surface area contributed by atoms with Crippen molar-refractivity contribution in [1.29, 1.82) is 0 Å². The molecule has 0 N–H and O–H groups in total. The van der Waals surface area contributed by atoms with E-state index in [9.17, 15) is 4.39 Å². The third-order valence-electron chi connectivity index (χ3n) is 1.91. The van der Waals surface area contributed by atoms with Crippen molar-refractivity contribution in [3.8, 4) is 11.3 Å². The lowest BCUT2D eigenvalue weighted by molar-refractivity contribution is 0.628. The Morgan fingerprint density at radius 2 is 2.00 bits per heavy atom. The predicted octanol–water partition coefficient (Wildman–Crippen LogP) is 3.33. The molecule has 0 atom stereocenters. The van der Waals surface area contributed by atoms with E-state index in [0.717, 1.165) is 16.3 Å². The summed E-state index contributed by atoms with van der Waals surface area (Å²) in [7, 11) is 0. The number of aromatic nitrogens is 1. The van der Waals surface area contributed by atoms with Gasteiger partial charge in [-0.3, -0.25) is 0 Å². The molecule has 14 heavy (non-hydrogen) atoms. The fourth-order valence-corrected chi connectivity index (χ4v) is 1.88. The minimum absolute atomic E-state index is 0.221. The highest BCUT2D eigenvalue weighted by molar-refractivity contribution is 7.09. The highest BCUT2D eigenvalue weighted by Crippen LogP contribution is 2.22. The number of rotatable bonds is 2. The summed E-state index contributed by atoms with van der Waals surface area (Å²) in [5, 5.41) is 2.97. The summed E-state index contributed by atoms with van der Waals surface area (Å²) in [5.41, 5.74) is 1.84. The fraction of sp³-hybridized carbons (Fsp3) is 0.0909. The van der Waals surface area contributed by atoms with Crippen LogP contribution < -0.4 is 0 Å². The van der Waals surface area contributed by atoms with Crippen molar-refractivity contribution in [2.45, 2.75) is 6.42 Å². The largest absolute Gasteiger partial charge is 0.241 e. The van der Waals surface area contributed by atoms with Crippen molar-refractivity contribution in [3.63, 3.8) is 0 Å². The molecule has 71 valence electrons. The molecule has 1 heterocycles. The van der Waals surface area contributed by atoms with Gasteiger partial charge in [-0.05, 0) is 37.6 Å². The molecule has 0 amide bonds. The molecular weight excluding hydrogens is 197 g/mol. The summed E-state index contributed by atoms with van der Waals surface area (Å²) in [5.74, 6) is -0.221. The number of nitrogens with zero attached hydrogens (tertiary/aromatic N) is 1. The van der Waals surface area contributed by atoms with Crippen LogP contribution in [0.15, 0.2) is 29.6 Å². The normalized spacial score (nSPS) is 10.4. The molecule has 2 aromatic rings. The van der Waals surface area contributed by atoms with Gasteiger partial charge in [0.2, 0.25) is 0 Å². The van der Waals surface area contributed by atoms with Gasteiger partial charge >= 0.3 is 0 Å². The van der Waals surface area contributed by atoms with Gasteiger partial charge in [0, 0.05) is 10.9 Å². The van der Waals surface area contributed by atoms with E-state index < -0.39 is 0 Å². The van der Waals surface area contributed by atoms with Crippen LogP contribution in [0.2, 0.25) is 0 Å². The summed E-state index contributed by atoms with van der Waals surface area (Å²) in [6, 6.07) is 6.35. The second kappa shape index (κ2) is 3.88. The molecule has 3 heteroatoms. The van der Waals surface area contributed by atoms with Gasteiger partial charge in [0.1, 0.15) is 5.82 Å². The van der Waals surface area contributed by atoms with Crippen LogP contribution in [0.3, 0.4) is 0 Å². The first-order chi connectivity index (χ1) is 6.79. The molecule has 1 radical (unpaired) electrons. The number of thiazole rings is 1. The SMILES string of the molecule is [CH2]Cc1nc(-c2ccc(F)cc2)cs1. The quantitative estimate of drug-likeness (QED) is 0.734. The predicted molar refractivity (Wildman–Crippen MR) is 56.6 cm³/mol. The molecule has 0 aliphatic rings. The first kappa shape index (κ1) is 9.34. The highest BCUT2D eigenvalue weighted by atomic mass is 32.1. The van der Waals surface area contributed by atoms with Crippen molar-refractivity contribution in [2.24, 2.45) is 0 Å². The zero-order valence-electron chi connectivity index (χ0n) is 7.53. The van der Waals surface area contributed by atoms with Crippen molar-refractivity contribution in [3.05, 3.63) is 47.4 Å². The van der Waals surface area contributed by atoms with E-state index >= 15 is 0 Å². The Kier molecular flexibility index (Phi) is 2.59. The molecule has 1 nitrogen and oxygen atoms in total. The van der Waals surface area contributed by atoms with Crippen molar-refractivity contribution < 1.29 is 4.39 Å². The maximum Gasteiger partial charge on any atom is 0.123 e. The van der Waals surface area contributed by atoms with E-state index in [1.807, 2.05) is 5.38 Å². The van der Waals surface area contributed by atoms with Crippen LogP contribution in [0.1, 0.15) is 5.01 Å². The lowest BCUT2D eigenvalue weighted by atomic mass is 10.2. The van der Waals surface area contributed by atoms with Gasteiger partial charge in [-0.1, -0.05) is 0 Å². The highest BCUT2D eigenvalue weighted by Gasteiger charge is 2.02. The van der Waals surface area contributed by atoms with Crippen molar-refractivity contribution in [1.82, 2.24) is 4.98 Å². The van der Waals surface area contributed by atoms with Gasteiger partial charge in [-0.25, -0.2) is 9.37 Å². The fourth-order valence-electron chi connectivity index (χ4n) is 1.18. The summed E-state index contributed by atoms with van der Waals surface area (Å²) < 4.78 is 12.6. The van der Waals surface area contributed by atoms with E-state index in [-0.39, 0.29) is 5.82 Å². The van der Waals surface area contributed by atoms with Crippen LogP contribution in [0.4, 0.5) is 4.39 Å². The van der Waals surface area contributed by atoms with Crippen LogP contribution >= 0.6 is 11.3 Å². The molecule has 0 saturated heterocycles. The molecule has 0 fully saturated rings. The number of hydrogen-bond donors (Lipinski definition) is 0. The van der Waals surface area contributed by atoms with E-state index in [4.69, 9.17) is 0 Å². The average Bonchev–Trinajstić information content (AvgIpc) is 2.67. The Morgan fingerprint density at radius 1 is 1.29 bits per heavy atom. The minimum atomic E-state index is -0.221. The van der Waals surface area contributed by atoms with Crippen LogP contribution in [0.5, 0.6) is 0 Å². The van der Waals surface area contributed by atoms with E-state index in [1.165, 1.54) is 12.1 Å². The minimum Gasteiger partial charge on any atom is -0.241 e. The summed E-state index contributed by atoms with van der Waals surface area (Å²) in [6.07, 6.45) is 0.700. The number of hydrogen-bond acceptors (Lipinski definition) is 2. The van der Waals surface area contributed by atoms with E-state index in [2.05, 4.69) is 11.9 Å². The summed E-state index contributed by atoms with van der Waals surface area (Å²) >= 11 is 1.58. The maximum absolute atomic E-state index is 12.6. The van der Waals surface area contributed by atoms with Gasteiger partial charge in [0.05, 0.1) is 10.7 Å². The van der Waals surface area contributed by atoms with Crippen LogP contribution in [0, 0.1) is 12.7 Å². The molecule has 0 bridgehead atoms. The molecule has 0 aliphatic carbocycles. The van der Waals surface area contributed by atoms with E-state index in [1.54, 1.807) is 23.5 Å². The molecular formula is C11H9FNS. The van der Waals surface area contributed by atoms with Gasteiger partial charge in [0.25, 0.3) is 0 Å². The zero-order chi connectivity index (χ0) is 9.97. The Balaban J connectivity index is 2.34. The second-order valence-corrected chi connectivity index (χ2v) is 3.83. The average molecular weight is 206 g/mol. The molecule has 2 rings (SSSR count). The van der Waals surface area contributed by atoms with Crippen LogP contribution in [-0.4, -0.2) is 4.98 Å². The maximum atomic E-state index is 12.6. The number of benzene rings is 1. The Labute approximate surface area is 86.2 Å². The zero-order valence-corrected chi connectivity index (χ0v) is 8.35. The molecule has 0 unspecified atom stereocenters. The molecule has 1 aromatic carbocycles. The van der Waals surface area contributed by atoms with Crippen LogP contribution in [0.25, 0.3) is 11.3 Å². The van der Waals surface area contributed by atoms with Gasteiger partial charge in [0.15, 0.2) is 0 Å². The van der Waals surface area contributed by atoms with Crippen molar-refractivity contribution in [2.75, 3.05) is 0 Å². The van der Waals surface area contributed by atoms with Gasteiger partial charge in [-0.2, -0.15) is 0 Å². The third kappa shape index (κ3) is 1.82. The molecule has 1 aromatic heterocycles. The van der Waals surface area contributed by atoms with E-state index in [0.29, 0.717) is 6.42 Å². The monoisotopic (exact) mass is 206 g/mol. The lowest BCUT2D eigenvalue weighted by Gasteiger charge is -1.95. The van der Waals surface area contributed by atoms with Gasteiger partial charge in [-0.15, -0.1) is 11.3 Å². The molecule has 0 saturated carbocycles. The summed E-state index contributed by atoms with van der Waals surface area (Å²) in [6.45, 7) is 3.76. The lowest BCUT2D eigenvalue weighted by Crippen LogP contribution is -1.81. The molecule has 0 aliphatic heterocycles.